The third-order valence-electron chi connectivity index (χ3n) is 5.46. The molecule has 0 N–H and O–H groups in total. The fourth-order valence-electron chi connectivity index (χ4n) is 4.08. The minimum Gasteiger partial charge on any atom is -0.478 e. The van der Waals surface area contributed by atoms with Crippen LogP contribution < -0.4 is 9.47 Å². The van der Waals surface area contributed by atoms with E-state index in [1.165, 1.54) is 0 Å². The van der Waals surface area contributed by atoms with Crippen LogP contribution in [-0.2, 0) is 11.3 Å². The summed E-state index contributed by atoms with van der Waals surface area (Å²) < 4.78 is 17.8. The molecular formula is C22H22N2O4. The number of carbonyl (C=O) groups is 1. The lowest BCUT2D eigenvalue weighted by Gasteiger charge is -2.31. The Kier molecular flexibility index (Phi) is 4.37. The van der Waals surface area contributed by atoms with Crippen LogP contribution >= 0.6 is 0 Å². The molecule has 1 saturated heterocycles. The zero-order valence-electron chi connectivity index (χ0n) is 15.8. The second-order valence-electron chi connectivity index (χ2n) is 7.52. The average molecular weight is 378 g/mol. The molecule has 0 aliphatic carbocycles. The molecule has 1 aromatic heterocycles. The number of benzene rings is 1. The first-order valence-corrected chi connectivity index (χ1v) is 9.66. The van der Waals surface area contributed by atoms with Gasteiger partial charge in [-0.2, -0.15) is 0 Å². The van der Waals surface area contributed by atoms with Crippen LogP contribution in [0, 0.1) is 6.92 Å². The lowest BCUT2D eigenvalue weighted by atomic mass is 9.98. The summed E-state index contributed by atoms with van der Waals surface area (Å²) in [6.07, 6.45) is 7.62. The fourth-order valence-corrected chi connectivity index (χ4v) is 4.08. The number of nitrogens with zero attached hydrogens (tertiary/aromatic N) is 2. The number of fused-ring (bicyclic) bond motifs is 3. The molecule has 1 atom stereocenters. The van der Waals surface area contributed by atoms with Gasteiger partial charge in [-0.25, -0.2) is 0 Å². The number of carbonyl (C=O) groups excluding carboxylic acids is 1. The lowest BCUT2D eigenvalue weighted by Crippen LogP contribution is -2.37. The van der Waals surface area contributed by atoms with Crippen LogP contribution in [-0.4, -0.2) is 41.7 Å². The Labute approximate surface area is 163 Å². The molecule has 0 spiro atoms. The summed E-state index contributed by atoms with van der Waals surface area (Å²) in [5.41, 5.74) is 3.28. The summed E-state index contributed by atoms with van der Waals surface area (Å²) in [5.74, 6) is 1.67. The van der Waals surface area contributed by atoms with Crippen molar-refractivity contribution in [1.82, 2.24) is 9.88 Å². The molecule has 6 nitrogen and oxygen atoms in total. The Hall–Kier alpha value is -2.70. The smallest absolute Gasteiger partial charge is 0.232 e. The molecule has 3 aliphatic heterocycles. The van der Waals surface area contributed by atoms with E-state index in [9.17, 15) is 4.79 Å². The monoisotopic (exact) mass is 378 g/mol. The Morgan fingerprint density at radius 1 is 1.39 bits per heavy atom. The van der Waals surface area contributed by atoms with Crippen LogP contribution in [0.4, 0.5) is 0 Å². The highest BCUT2D eigenvalue weighted by Gasteiger charge is 2.36. The van der Waals surface area contributed by atoms with Crippen LogP contribution in [0.1, 0.15) is 39.9 Å². The number of ketones is 1. The topological polar surface area (TPSA) is 60.9 Å². The maximum atomic E-state index is 13.0. The number of hydrogen-bond acceptors (Lipinski definition) is 6. The molecule has 1 fully saturated rings. The van der Waals surface area contributed by atoms with Crippen LogP contribution in [0.15, 0.2) is 36.4 Å². The van der Waals surface area contributed by atoms with E-state index in [0.29, 0.717) is 30.3 Å². The van der Waals surface area contributed by atoms with Crippen molar-refractivity contribution in [2.24, 2.45) is 0 Å². The Morgan fingerprint density at radius 2 is 2.32 bits per heavy atom. The highest BCUT2D eigenvalue weighted by atomic mass is 16.5. The normalized spacial score (nSPS) is 22.7. The first-order valence-electron chi connectivity index (χ1n) is 9.66. The van der Waals surface area contributed by atoms with Crippen molar-refractivity contribution >= 4 is 11.9 Å². The summed E-state index contributed by atoms with van der Waals surface area (Å²) in [5, 5.41) is 0. The third-order valence-corrected chi connectivity index (χ3v) is 5.46. The van der Waals surface area contributed by atoms with E-state index in [-0.39, 0.29) is 11.9 Å². The van der Waals surface area contributed by atoms with Crippen molar-refractivity contribution in [1.29, 1.82) is 0 Å². The number of pyridine rings is 1. The molecule has 0 saturated carbocycles. The first kappa shape index (κ1) is 17.4. The minimum absolute atomic E-state index is 0.0876. The molecule has 28 heavy (non-hydrogen) atoms. The average Bonchev–Trinajstić information content (AvgIpc) is 3.32. The second kappa shape index (κ2) is 7.04. The van der Waals surface area contributed by atoms with E-state index in [2.05, 4.69) is 9.88 Å². The van der Waals surface area contributed by atoms with Gasteiger partial charge in [-0.3, -0.25) is 14.7 Å². The number of Topliss-reactive ketones (excluding diaryl/α,β-unsaturated/α-hetero) is 1. The zero-order valence-corrected chi connectivity index (χ0v) is 15.8. The summed E-state index contributed by atoms with van der Waals surface area (Å²) >= 11 is 0. The summed E-state index contributed by atoms with van der Waals surface area (Å²) in [6.45, 7) is 4.80. The van der Waals surface area contributed by atoms with E-state index in [1.54, 1.807) is 18.5 Å². The van der Waals surface area contributed by atoms with Crippen LogP contribution in [0.2, 0.25) is 0 Å². The Balaban J connectivity index is 1.46. The highest BCUT2D eigenvalue weighted by Crippen LogP contribution is 2.44. The lowest BCUT2D eigenvalue weighted by molar-refractivity contribution is 0.0273. The number of allylic oxidation sites excluding steroid dienone is 1. The van der Waals surface area contributed by atoms with Crippen molar-refractivity contribution in [2.75, 3.05) is 19.9 Å². The van der Waals surface area contributed by atoms with E-state index in [1.807, 2.05) is 25.1 Å². The van der Waals surface area contributed by atoms with Crippen molar-refractivity contribution in [2.45, 2.75) is 32.4 Å². The quantitative estimate of drug-likeness (QED) is 0.764. The van der Waals surface area contributed by atoms with E-state index >= 15 is 0 Å². The van der Waals surface area contributed by atoms with Crippen LogP contribution in [0.3, 0.4) is 0 Å². The van der Waals surface area contributed by atoms with Crippen molar-refractivity contribution in [3.05, 3.63) is 58.6 Å². The van der Waals surface area contributed by atoms with Gasteiger partial charge in [0.15, 0.2) is 5.76 Å². The van der Waals surface area contributed by atoms with Crippen LogP contribution in [0.5, 0.6) is 11.5 Å². The number of hydrogen-bond donors (Lipinski definition) is 0. The van der Waals surface area contributed by atoms with E-state index < -0.39 is 0 Å². The molecule has 0 amide bonds. The standard InChI is InChI=1S/C22H22N2O4/c1-14-8-18-17(12-24(13-27-18)11-16-5-3-7-26-16)22-20(14)21(25)19(28-22)9-15-4-2-6-23-10-15/h2,4,6,8-10,16H,3,5,7,11-13H2,1H3/b19-9-. The third kappa shape index (κ3) is 3.08. The molecule has 1 aromatic carbocycles. The van der Waals surface area contributed by atoms with Gasteiger partial charge in [-0.1, -0.05) is 6.07 Å². The molecule has 4 heterocycles. The maximum absolute atomic E-state index is 13.0. The number of aryl methyl sites for hydroxylation is 1. The van der Waals surface area contributed by atoms with Crippen molar-refractivity contribution < 1.29 is 19.0 Å². The predicted molar refractivity (Wildman–Crippen MR) is 103 cm³/mol. The molecular weight excluding hydrogens is 356 g/mol. The van der Waals surface area contributed by atoms with E-state index in [0.717, 1.165) is 48.4 Å². The van der Waals surface area contributed by atoms with Gasteiger partial charge in [0.25, 0.3) is 0 Å². The van der Waals surface area contributed by atoms with Gasteiger partial charge in [0.1, 0.15) is 18.2 Å². The Bertz CT molecular complexity index is 949. The summed E-state index contributed by atoms with van der Waals surface area (Å²) in [7, 11) is 0. The van der Waals surface area contributed by atoms with Gasteiger partial charge in [0.2, 0.25) is 5.78 Å². The summed E-state index contributed by atoms with van der Waals surface area (Å²) in [4.78, 5) is 19.3. The van der Waals surface area contributed by atoms with Crippen molar-refractivity contribution in [3.63, 3.8) is 0 Å². The number of rotatable bonds is 3. The maximum Gasteiger partial charge on any atom is 0.232 e. The first-order chi connectivity index (χ1) is 13.7. The second-order valence-corrected chi connectivity index (χ2v) is 7.52. The van der Waals surface area contributed by atoms with Crippen LogP contribution in [0.25, 0.3) is 6.08 Å². The largest absolute Gasteiger partial charge is 0.478 e. The molecule has 3 aliphatic rings. The Morgan fingerprint density at radius 3 is 3.11 bits per heavy atom. The molecule has 144 valence electrons. The molecule has 2 aromatic rings. The van der Waals surface area contributed by atoms with Gasteiger partial charge in [-0.15, -0.1) is 0 Å². The van der Waals surface area contributed by atoms with Gasteiger partial charge in [0, 0.05) is 32.1 Å². The number of ether oxygens (including phenoxy) is 3. The van der Waals surface area contributed by atoms with E-state index in [4.69, 9.17) is 14.2 Å². The molecule has 1 unspecified atom stereocenters. The minimum atomic E-state index is -0.0876. The van der Waals surface area contributed by atoms with Gasteiger partial charge in [-0.05, 0) is 49.1 Å². The predicted octanol–water partition coefficient (Wildman–Crippen LogP) is 3.34. The fraction of sp³-hybridized carbons (Fsp3) is 0.364. The highest BCUT2D eigenvalue weighted by molar-refractivity contribution is 6.15. The molecule has 0 radical (unpaired) electrons. The van der Waals surface area contributed by atoms with Gasteiger partial charge in [0.05, 0.1) is 17.2 Å². The molecule has 0 bridgehead atoms. The molecule has 6 heteroatoms. The van der Waals surface area contributed by atoms with Gasteiger partial charge < -0.3 is 14.2 Å². The summed E-state index contributed by atoms with van der Waals surface area (Å²) in [6, 6.07) is 5.68. The molecule has 5 rings (SSSR count). The number of aromatic nitrogens is 1. The van der Waals surface area contributed by atoms with Gasteiger partial charge >= 0.3 is 0 Å². The SMILES string of the molecule is Cc1cc2c(c3c1C(=O)/C(=C/c1cccnc1)O3)CN(CC1CCCO1)CO2. The zero-order chi connectivity index (χ0) is 19.1. The van der Waals surface area contributed by atoms with Crippen molar-refractivity contribution in [3.8, 4) is 11.5 Å².